The maximum absolute atomic E-state index is 14.3. The van der Waals surface area contributed by atoms with Crippen LogP contribution < -0.4 is 5.32 Å². The average Bonchev–Trinajstić information content (AvgIpc) is 2.69. The lowest BCUT2D eigenvalue weighted by Crippen LogP contribution is -2.02. The first-order valence-corrected chi connectivity index (χ1v) is 8.41. The van der Waals surface area contributed by atoms with Crippen LogP contribution in [0.2, 0.25) is 0 Å². The summed E-state index contributed by atoms with van der Waals surface area (Å²) in [5.41, 5.74) is 2.13. The third kappa shape index (κ3) is 3.35. The van der Waals surface area contributed by atoms with Crippen molar-refractivity contribution >= 4 is 28.1 Å². The summed E-state index contributed by atoms with van der Waals surface area (Å²) < 4.78 is 14.3. The monoisotopic (exact) mass is 375 g/mol. The van der Waals surface area contributed by atoms with Crippen LogP contribution in [-0.2, 0) is 0 Å². The molecule has 0 spiro atoms. The number of nitrogens with zero attached hydrogens (tertiary/aromatic N) is 4. The highest BCUT2D eigenvalue weighted by Crippen LogP contribution is 2.30. The molecule has 4 aromatic rings. The van der Waals surface area contributed by atoms with Gasteiger partial charge in [0.05, 0.1) is 16.1 Å². The fourth-order valence-electron chi connectivity index (χ4n) is 2.81. The molecule has 1 N–H and O–H groups in total. The summed E-state index contributed by atoms with van der Waals surface area (Å²) in [6.07, 6.45) is 3.28. The molecule has 0 radical (unpaired) electrons. The number of halogens is 1. The molecule has 0 fully saturated rings. The van der Waals surface area contributed by atoms with Crippen molar-refractivity contribution in [2.45, 2.75) is 6.92 Å². The van der Waals surface area contributed by atoms with E-state index in [1.807, 2.05) is 31.2 Å². The van der Waals surface area contributed by atoms with Gasteiger partial charge < -0.3 is 5.32 Å². The molecule has 8 heteroatoms. The number of hydrogen-bond donors (Lipinski definition) is 1. The Hall–Kier alpha value is -3.94. The third-order valence-electron chi connectivity index (χ3n) is 4.19. The largest absolute Gasteiger partial charge is 0.337 e. The van der Waals surface area contributed by atoms with Gasteiger partial charge in [0.2, 0.25) is 0 Å². The number of nitrogens with one attached hydrogen (secondary N) is 1. The number of non-ortho nitro benzene ring substituents is 1. The van der Waals surface area contributed by atoms with E-state index in [4.69, 9.17) is 0 Å². The maximum atomic E-state index is 14.3. The molecule has 2 aromatic heterocycles. The molecule has 0 bridgehead atoms. The second kappa shape index (κ2) is 6.99. The molecule has 28 heavy (non-hydrogen) atoms. The molecule has 138 valence electrons. The number of nitro groups is 1. The van der Waals surface area contributed by atoms with E-state index < -0.39 is 10.7 Å². The van der Waals surface area contributed by atoms with Crippen LogP contribution >= 0.6 is 0 Å². The van der Waals surface area contributed by atoms with Crippen LogP contribution in [0.5, 0.6) is 0 Å². The maximum Gasteiger partial charge on any atom is 0.271 e. The van der Waals surface area contributed by atoms with Crippen molar-refractivity contribution in [3.8, 4) is 11.4 Å². The SMILES string of the molecule is Cc1ccc2c(Nc3cc([N+](=O)[O-])ccc3F)nc(-c3cccnc3)nc2c1. The van der Waals surface area contributed by atoms with Gasteiger partial charge in [-0.2, -0.15) is 0 Å². The lowest BCUT2D eigenvalue weighted by Gasteiger charge is -2.12. The summed E-state index contributed by atoms with van der Waals surface area (Å²) in [5, 5.41) is 14.6. The van der Waals surface area contributed by atoms with Crippen LogP contribution in [-0.4, -0.2) is 19.9 Å². The lowest BCUT2D eigenvalue weighted by atomic mass is 10.1. The van der Waals surface area contributed by atoms with Crippen molar-refractivity contribution in [3.63, 3.8) is 0 Å². The van der Waals surface area contributed by atoms with Crippen LogP contribution in [0, 0.1) is 22.9 Å². The smallest absolute Gasteiger partial charge is 0.271 e. The van der Waals surface area contributed by atoms with E-state index in [2.05, 4.69) is 20.3 Å². The Morgan fingerprint density at radius 2 is 1.96 bits per heavy atom. The van der Waals surface area contributed by atoms with Gasteiger partial charge in [-0.1, -0.05) is 6.07 Å². The van der Waals surface area contributed by atoms with Crippen molar-refractivity contribution in [2.75, 3.05) is 5.32 Å². The molecule has 2 heterocycles. The number of rotatable bonds is 4. The molecular weight excluding hydrogens is 361 g/mol. The van der Waals surface area contributed by atoms with Crippen molar-refractivity contribution in [1.82, 2.24) is 15.0 Å². The lowest BCUT2D eigenvalue weighted by molar-refractivity contribution is -0.384. The molecule has 4 rings (SSSR count). The fraction of sp³-hybridized carbons (Fsp3) is 0.0500. The van der Waals surface area contributed by atoms with E-state index in [0.29, 0.717) is 28.1 Å². The Balaban J connectivity index is 1.88. The summed E-state index contributed by atoms with van der Waals surface area (Å²) >= 11 is 0. The van der Waals surface area contributed by atoms with Gasteiger partial charge in [0.25, 0.3) is 5.69 Å². The first-order chi connectivity index (χ1) is 13.5. The average molecular weight is 375 g/mol. The third-order valence-corrected chi connectivity index (χ3v) is 4.19. The standard InChI is InChI=1S/C20H14FN5O2/c1-12-4-6-15-17(9-12)23-19(13-3-2-8-22-11-13)25-20(15)24-18-10-14(26(27)28)5-7-16(18)21/h2-11H,1H3,(H,23,24,25). The van der Waals surface area contributed by atoms with Gasteiger partial charge in [0, 0.05) is 35.5 Å². The van der Waals surface area contributed by atoms with Gasteiger partial charge in [-0.3, -0.25) is 15.1 Å². The van der Waals surface area contributed by atoms with E-state index in [9.17, 15) is 14.5 Å². The van der Waals surface area contributed by atoms with Gasteiger partial charge in [0.15, 0.2) is 5.82 Å². The van der Waals surface area contributed by atoms with E-state index >= 15 is 0 Å². The number of fused-ring (bicyclic) bond motifs is 1. The Morgan fingerprint density at radius 1 is 1.11 bits per heavy atom. The molecule has 0 aliphatic heterocycles. The van der Waals surface area contributed by atoms with E-state index in [1.54, 1.807) is 18.5 Å². The zero-order valence-electron chi connectivity index (χ0n) is 14.8. The predicted molar refractivity (Wildman–Crippen MR) is 104 cm³/mol. The predicted octanol–water partition coefficient (Wildman–Crippen LogP) is 4.79. The minimum absolute atomic E-state index is 0.0353. The molecule has 0 saturated heterocycles. The van der Waals surface area contributed by atoms with Crippen molar-refractivity contribution in [2.24, 2.45) is 0 Å². The molecule has 0 unspecified atom stereocenters. The van der Waals surface area contributed by atoms with Gasteiger partial charge in [-0.25, -0.2) is 14.4 Å². The second-order valence-electron chi connectivity index (χ2n) is 6.20. The normalized spacial score (nSPS) is 10.8. The van der Waals surface area contributed by atoms with Crippen LogP contribution in [0.3, 0.4) is 0 Å². The number of hydrogen-bond acceptors (Lipinski definition) is 6. The molecular formula is C20H14FN5O2. The van der Waals surface area contributed by atoms with Crippen molar-refractivity contribution in [3.05, 3.63) is 82.4 Å². The van der Waals surface area contributed by atoms with Crippen LogP contribution in [0.4, 0.5) is 21.6 Å². The summed E-state index contributed by atoms with van der Waals surface area (Å²) in [7, 11) is 0. The van der Waals surface area contributed by atoms with Crippen LogP contribution in [0.15, 0.2) is 60.9 Å². The highest BCUT2D eigenvalue weighted by molar-refractivity contribution is 5.92. The van der Waals surface area contributed by atoms with E-state index in [1.165, 1.54) is 0 Å². The molecule has 0 aliphatic rings. The minimum Gasteiger partial charge on any atom is -0.337 e. The Kier molecular flexibility index (Phi) is 4.36. The number of aromatic nitrogens is 3. The fourth-order valence-corrected chi connectivity index (χ4v) is 2.81. The van der Waals surface area contributed by atoms with E-state index in [0.717, 1.165) is 23.8 Å². The highest BCUT2D eigenvalue weighted by atomic mass is 19.1. The number of aryl methyl sites for hydroxylation is 1. The minimum atomic E-state index is -0.618. The topological polar surface area (TPSA) is 93.8 Å². The quantitative estimate of drug-likeness (QED) is 0.407. The first kappa shape index (κ1) is 17.5. The van der Waals surface area contributed by atoms with Gasteiger partial charge in [-0.05, 0) is 42.8 Å². The first-order valence-electron chi connectivity index (χ1n) is 8.41. The summed E-state index contributed by atoms with van der Waals surface area (Å²) in [5.74, 6) is 0.148. The number of pyridine rings is 1. The van der Waals surface area contributed by atoms with Crippen LogP contribution in [0.1, 0.15) is 5.56 Å². The van der Waals surface area contributed by atoms with Gasteiger partial charge in [0.1, 0.15) is 11.6 Å². The number of anilines is 2. The number of nitro benzene ring substituents is 1. The Labute approximate surface area is 159 Å². The second-order valence-corrected chi connectivity index (χ2v) is 6.20. The van der Waals surface area contributed by atoms with Gasteiger partial charge >= 0.3 is 0 Å². The zero-order valence-corrected chi connectivity index (χ0v) is 14.8. The Bertz CT molecular complexity index is 1200. The molecule has 0 atom stereocenters. The number of benzene rings is 2. The summed E-state index contributed by atoms with van der Waals surface area (Å²) in [6, 6.07) is 12.5. The Morgan fingerprint density at radius 3 is 2.71 bits per heavy atom. The molecule has 0 amide bonds. The molecule has 0 aliphatic carbocycles. The molecule has 0 saturated carbocycles. The van der Waals surface area contributed by atoms with Crippen molar-refractivity contribution < 1.29 is 9.31 Å². The highest BCUT2D eigenvalue weighted by Gasteiger charge is 2.15. The van der Waals surface area contributed by atoms with E-state index in [-0.39, 0.29) is 11.4 Å². The van der Waals surface area contributed by atoms with Crippen LogP contribution in [0.25, 0.3) is 22.3 Å². The summed E-state index contributed by atoms with van der Waals surface area (Å²) in [6.45, 7) is 1.94. The molecule has 2 aromatic carbocycles. The zero-order chi connectivity index (χ0) is 19.7. The molecule has 7 nitrogen and oxygen atoms in total. The van der Waals surface area contributed by atoms with Gasteiger partial charge in [-0.15, -0.1) is 0 Å². The summed E-state index contributed by atoms with van der Waals surface area (Å²) in [4.78, 5) is 23.6. The van der Waals surface area contributed by atoms with Crippen molar-refractivity contribution in [1.29, 1.82) is 0 Å².